The molecule has 0 aliphatic rings. The maximum atomic E-state index is 6.62. The second kappa shape index (κ2) is 13.6. The predicted molar refractivity (Wildman–Crippen MR) is 262 cm³/mol. The lowest BCUT2D eigenvalue weighted by molar-refractivity contribution is 0.668. The summed E-state index contributed by atoms with van der Waals surface area (Å²) in [6.07, 6.45) is 0. The fraction of sp³-hybridized carbons (Fsp3) is 0. The van der Waals surface area contributed by atoms with Crippen molar-refractivity contribution >= 4 is 97.3 Å². The van der Waals surface area contributed by atoms with E-state index >= 15 is 0 Å². The molecule has 0 saturated heterocycles. The van der Waals surface area contributed by atoms with Crippen molar-refractivity contribution in [1.29, 1.82) is 0 Å². The van der Waals surface area contributed by atoms with Crippen molar-refractivity contribution in [1.82, 2.24) is 15.0 Å². The van der Waals surface area contributed by atoms with Gasteiger partial charge in [-0.25, -0.2) is 15.0 Å². The van der Waals surface area contributed by atoms with E-state index in [2.05, 4.69) is 121 Å². The molecule has 0 unspecified atom stereocenters. The van der Waals surface area contributed by atoms with Gasteiger partial charge in [0.2, 0.25) is 0 Å². The van der Waals surface area contributed by atoms with Crippen LogP contribution in [0.2, 0.25) is 0 Å². The summed E-state index contributed by atoms with van der Waals surface area (Å²) >= 11 is 1.84. The van der Waals surface area contributed by atoms with E-state index in [0.29, 0.717) is 17.5 Å². The highest BCUT2D eigenvalue weighted by molar-refractivity contribution is 7.25. The molecule has 0 N–H and O–H groups in total. The molecule has 0 fully saturated rings. The first kappa shape index (κ1) is 35.2. The van der Waals surface area contributed by atoms with Gasteiger partial charge in [-0.3, -0.25) is 0 Å². The van der Waals surface area contributed by atoms with Crippen molar-refractivity contribution in [2.45, 2.75) is 0 Å². The lowest BCUT2D eigenvalue weighted by Crippen LogP contribution is -2.00. The number of fused-ring (bicyclic) bond motifs is 12. The van der Waals surface area contributed by atoms with E-state index in [-0.39, 0.29) is 0 Å². The van der Waals surface area contributed by atoms with Crippen LogP contribution >= 0.6 is 11.3 Å². The summed E-state index contributed by atoms with van der Waals surface area (Å²) in [6, 6.07) is 65.0. The monoisotopic (exact) mass is 837 g/mol. The highest BCUT2D eigenvalue weighted by Gasteiger charge is 2.22. The standard InChI is InChI=1S/C57H31N3O3S/c1-2-11-32(12-3-1)55-58-56(35-24-26-39-38-13-4-6-18-44(38)62-49(39)30-35)60-57(59-55)42-17-10-19-46-52(42)43-29-33(25-28-45(43)61-46)36-15-8-20-47-53(36)54-37(16-9-21-48(54)63-47)34-23-27-41-40-14-5-7-22-50(40)64-51(41)31-34/h1-31H. The number of rotatable bonds is 5. The van der Waals surface area contributed by atoms with E-state index in [0.717, 1.165) is 105 Å². The van der Waals surface area contributed by atoms with Crippen LogP contribution in [-0.2, 0) is 0 Å². The number of furan rings is 3. The third-order valence-corrected chi connectivity index (χ3v) is 13.7. The van der Waals surface area contributed by atoms with Crippen LogP contribution in [0.3, 0.4) is 0 Å². The van der Waals surface area contributed by atoms with Gasteiger partial charge in [-0.05, 0) is 82.9 Å². The summed E-state index contributed by atoms with van der Waals surface area (Å²) in [4.78, 5) is 15.4. The van der Waals surface area contributed by atoms with E-state index < -0.39 is 0 Å². The number of para-hydroxylation sites is 1. The van der Waals surface area contributed by atoms with Crippen LogP contribution in [0.1, 0.15) is 0 Å². The van der Waals surface area contributed by atoms with Crippen LogP contribution in [0.25, 0.3) is 142 Å². The summed E-state index contributed by atoms with van der Waals surface area (Å²) < 4.78 is 22.1. The fourth-order valence-electron chi connectivity index (χ4n) is 9.63. The quantitative estimate of drug-likeness (QED) is 0.172. The van der Waals surface area contributed by atoms with Gasteiger partial charge in [-0.1, -0.05) is 127 Å². The Hall–Kier alpha value is -8.39. The molecule has 9 aromatic carbocycles. The largest absolute Gasteiger partial charge is 0.456 e. The highest BCUT2D eigenvalue weighted by atomic mass is 32.1. The van der Waals surface area contributed by atoms with Gasteiger partial charge in [0, 0.05) is 69.2 Å². The molecule has 298 valence electrons. The topological polar surface area (TPSA) is 78.1 Å². The number of hydrogen-bond acceptors (Lipinski definition) is 7. The summed E-state index contributed by atoms with van der Waals surface area (Å²) in [5, 5.41) is 8.77. The zero-order valence-electron chi connectivity index (χ0n) is 33.9. The molecule has 5 heterocycles. The summed E-state index contributed by atoms with van der Waals surface area (Å²) in [5.74, 6) is 1.68. The first-order chi connectivity index (χ1) is 31.7. The molecule has 0 bridgehead atoms. The summed E-state index contributed by atoms with van der Waals surface area (Å²) in [6.45, 7) is 0. The first-order valence-corrected chi connectivity index (χ1v) is 22.1. The zero-order chi connectivity index (χ0) is 41.9. The minimum Gasteiger partial charge on any atom is -0.456 e. The molecule has 5 aromatic heterocycles. The molecule has 6 nitrogen and oxygen atoms in total. The van der Waals surface area contributed by atoms with Crippen molar-refractivity contribution in [3.63, 3.8) is 0 Å². The molecule has 0 spiro atoms. The molecule has 14 aromatic rings. The van der Waals surface area contributed by atoms with Crippen LogP contribution < -0.4 is 0 Å². The minimum absolute atomic E-state index is 0.551. The van der Waals surface area contributed by atoms with Crippen LogP contribution in [-0.4, -0.2) is 15.0 Å². The Morgan fingerprint density at radius 2 is 0.812 bits per heavy atom. The van der Waals surface area contributed by atoms with Crippen LogP contribution in [0.4, 0.5) is 0 Å². The second-order valence-electron chi connectivity index (χ2n) is 16.2. The molecule has 0 radical (unpaired) electrons. The molecular weight excluding hydrogens is 807 g/mol. The van der Waals surface area contributed by atoms with Gasteiger partial charge >= 0.3 is 0 Å². The summed E-state index contributed by atoms with van der Waals surface area (Å²) in [5.41, 5.74) is 11.9. The van der Waals surface area contributed by atoms with Crippen molar-refractivity contribution in [3.8, 4) is 56.4 Å². The Morgan fingerprint density at radius 1 is 0.281 bits per heavy atom. The van der Waals surface area contributed by atoms with Gasteiger partial charge < -0.3 is 13.3 Å². The van der Waals surface area contributed by atoms with E-state index in [4.69, 9.17) is 28.2 Å². The Morgan fingerprint density at radius 3 is 1.62 bits per heavy atom. The van der Waals surface area contributed by atoms with Crippen molar-refractivity contribution in [2.75, 3.05) is 0 Å². The number of benzene rings is 9. The number of hydrogen-bond donors (Lipinski definition) is 0. The molecule has 0 saturated carbocycles. The normalized spacial score (nSPS) is 12.1. The zero-order valence-corrected chi connectivity index (χ0v) is 34.7. The van der Waals surface area contributed by atoms with Gasteiger partial charge in [-0.2, -0.15) is 0 Å². The number of thiophene rings is 1. The van der Waals surface area contributed by atoms with E-state index in [1.54, 1.807) is 0 Å². The molecule has 7 heteroatoms. The maximum Gasteiger partial charge on any atom is 0.164 e. The van der Waals surface area contributed by atoms with Crippen LogP contribution in [0, 0.1) is 0 Å². The molecule has 0 aliphatic heterocycles. The van der Waals surface area contributed by atoms with Gasteiger partial charge in [0.15, 0.2) is 17.5 Å². The molecule has 0 amide bonds. The molecule has 0 aliphatic carbocycles. The Balaban J connectivity index is 0.952. The maximum absolute atomic E-state index is 6.62. The van der Waals surface area contributed by atoms with E-state index in [1.165, 1.54) is 20.2 Å². The van der Waals surface area contributed by atoms with E-state index in [9.17, 15) is 0 Å². The Labute approximate surface area is 368 Å². The SMILES string of the molecule is c1ccc(-c2nc(-c3ccc4c(c3)oc3ccccc34)nc(-c3cccc4oc5ccc(-c6cccc7oc8cccc(-c9ccc%10c(c9)sc9ccccc9%10)c8c67)cc5c34)n2)cc1. The molecule has 14 rings (SSSR count). The first-order valence-electron chi connectivity index (χ1n) is 21.2. The predicted octanol–water partition coefficient (Wildman–Crippen LogP) is 16.3. The third-order valence-electron chi connectivity index (χ3n) is 12.6. The molecular formula is C57H31N3O3S. The average molecular weight is 838 g/mol. The lowest BCUT2D eigenvalue weighted by atomic mass is 9.93. The average Bonchev–Trinajstić information content (AvgIpc) is 4.13. The Bertz CT molecular complexity index is 4210. The van der Waals surface area contributed by atoms with Crippen molar-refractivity contribution < 1.29 is 13.3 Å². The van der Waals surface area contributed by atoms with E-state index in [1.807, 2.05) is 78.1 Å². The van der Waals surface area contributed by atoms with Gasteiger partial charge in [0.25, 0.3) is 0 Å². The number of nitrogens with zero attached hydrogens (tertiary/aromatic N) is 3. The van der Waals surface area contributed by atoms with Gasteiger partial charge in [0.1, 0.15) is 33.5 Å². The molecule has 0 atom stereocenters. The summed E-state index contributed by atoms with van der Waals surface area (Å²) in [7, 11) is 0. The lowest BCUT2D eigenvalue weighted by Gasteiger charge is -2.10. The van der Waals surface area contributed by atoms with Gasteiger partial charge in [0.05, 0.1) is 0 Å². The fourth-order valence-corrected chi connectivity index (χ4v) is 10.8. The second-order valence-corrected chi connectivity index (χ2v) is 17.3. The van der Waals surface area contributed by atoms with Crippen molar-refractivity contribution in [3.05, 3.63) is 188 Å². The number of aromatic nitrogens is 3. The Kier molecular flexibility index (Phi) is 7.46. The van der Waals surface area contributed by atoms with Crippen LogP contribution in [0.5, 0.6) is 0 Å². The minimum atomic E-state index is 0.551. The smallest absolute Gasteiger partial charge is 0.164 e. The highest BCUT2D eigenvalue weighted by Crippen LogP contribution is 2.45. The molecule has 64 heavy (non-hydrogen) atoms. The third kappa shape index (κ3) is 5.35. The van der Waals surface area contributed by atoms with Crippen molar-refractivity contribution in [2.24, 2.45) is 0 Å². The van der Waals surface area contributed by atoms with Crippen LogP contribution in [0.15, 0.2) is 201 Å². The van der Waals surface area contributed by atoms with Gasteiger partial charge in [-0.15, -0.1) is 11.3 Å².